The number of nitrogens with one attached hydrogen (secondary N) is 1. The summed E-state index contributed by atoms with van der Waals surface area (Å²) in [5.41, 5.74) is 2.86. The number of aromatic nitrogens is 2. The maximum atomic E-state index is 12.4. The predicted octanol–water partition coefficient (Wildman–Crippen LogP) is 3.34. The fraction of sp³-hybridized carbons (Fsp3) is 0.389. The van der Waals surface area contributed by atoms with Crippen LogP contribution in [0.3, 0.4) is 0 Å². The molecule has 1 heterocycles. The van der Waals surface area contributed by atoms with Crippen molar-refractivity contribution in [3.05, 3.63) is 53.6 Å². The molecule has 2 rings (SSSR count). The van der Waals surface area contributed by atoms with E-state index >= 15 is 0 Å². The van der Waals surface area contributed by atoms with Crippen LogP contribution < -0.4 is 5.32 Å². The van der Waals surface area contributed by atoms with E-state index in [4.69, 9.17) is 9.90 Å². The fourth-order valence-electron chi connectivity index (χ4n) is 2.17. The summed E-state index contributed by atoms with van der Waals surface area (Å²) in [5, 5.41) is 10.2. The number of benzene rings is 1. The van der Waals surface area contributed by atoms with E-state index in [0.717, 1.165) is 29.7 Å². The van der Waals surface area contributed by atoms with Crippen LogP contribution in [-0.2, 0) is 11.3 Å². The Kier molecular flexibility index (Phi) is 8.01. The summed E-state index contributed by atoms with van der Waals surface area (Å²) in [4.78, 5) is 25.3. The average molecular weight is 385 g/mol. The van der Waals surface area contributed by atoms with E-state index in [9.17, 15) is 18.0 Å². The first kappa shape index (κ1) is 22.2. The molecule has 0 fully saturated rings. The highest BCUT2D eigenvalue weighted by molar-refractivity contribution is 5.96. The summed E-state index contributed by atoms with van der Waals surface area (Å²) < 4.78 is 33.7. The van der Waals surface area contributed by atoms with Gasteiger partial charge in [0.1, 0.15) is 0 Å². The largest absolute Gasteiger partial charge is 0.490 e. The summed E-state index contributed by atoms with van der Waals surface area (Å²) in [7, 11) is 0. The first-order valence-corrected chi connectivity index (χ1v) is 8.18. The normalized spacial score (nSPS) is 11.9. The highest BCUT2D eigenvalue weighted by atomic mass is 19.4. The van der Waals surface area contributed by atoms with Crippen molar-refractivity contribution in [2.45, 2.75) is 46.0 Å². The Morgan fingerprint density at radius 2 is 1.93 bits per heavy atom. The van der Waals surface area contributed by atoms with Crippen molar-refractivity contribution in [2.75, 3.05) is 0 Å². The highest BCUT2D eigenvalue weighted by Crippen LogP contribution is 2.13. The van der Waals surface area contributed by atoms with Crippen LogP contribution in [0, 0.1) is 13.8 Å². The number of carboxylic acid groups (broad SMARTS) is 1. The number of carboxylic acids is 1. The van der Waals surface area contributed by atoms with E-state index < -0.39 is 12.1 Å². The lowest BCUT2D eigenvalue weighted by Crippen LogP contribution is -2.37. The number of nitrogens with zero attached hydrogens (tertiary/aromatic N) is 2. The van der Waals surface area contributed by atoms with Crippen LogP contribution in [-0.4, -0.2) is 38.8 Å². The van der Waals surface area contributed by atoms with Crippen LogP contribution in [0.15, 0.2) is 36.9 Å². The molecule has 9 heteroatoms. The van der Waals surface area contributed by atoms with Gasteiger partial charge in [-0.3, -0.25) is 4.79 Å². The number of hydrogen-bond donors (Lipinski definition) is 2. The maximum Gasteiger partial charge on any atom is 0.490 e. The first-order chi connectivity index (χ1) is 12.5. The number of halogens is 3. The van der Waals surface area contributed by atoms with Gasteiger partial charge in [0.25, 0.3) is 5.91 Å². The van der Waals surface area contributed by atoms with E-state index in [1.54, 1.807) is 12.5 Å². The number of imidazole rings is 1. The van der Waals surface area contributed by atoms with Crippen molar-refractivity contribution in [1.29, 1.82) is 0 Å². The van der Waals surface area contributed by atoms with Gasteiger partial charge in [0.05, 0.1) is 6.33 Å². The van der Waals surface area contributed by atoms with Crippen LogP contribution in [0.4, 0.5) is 13.2 Å². The van der Waals surface area contributed by atoms with Crippen molar-refractivity contribution in [2.24, 2.45) is 0 Å². The second-order valence-electron chi connectivity index (χ2n) is 5.96. The van der Waals surface area contributed by atoms with Crippen LogP contribution >= 0.6 is 0 Å². The van der Waals surface area contributed by atoms with E-state index in [1.165, 1.54) is 0 Å². The molecule has 0 bridgehead atoms. The Bertz CT molecular complexity index is 759. The van der Waals surface area contributed by atoms with Crippen molar-refractivity contribution >= 4 is 11.9 Å². The lowest BCUT2D eigenvalue weighted by atomic mass is 10.0. The molecule has 6 nitrogen and oxygen atoms in total. The zero-order valence-corrected chi connectivity index (χ0v) is 15.2. The third-order valence-corrected chi connectivity index (χ3v) is 3.70. The molecule has 0 radical (unpaired) electrons. The Morgan fingerprint density at radius 1 is 1.30 bits per heavy atom. The summed E-state index contributed by atoms with van der Waals surface area (Å²) >= 11 is 0. The van der Waals surface area contributed by atoms with Crippen LogP contribution in [0.1, 0.15) is 34.8 Å². The summed E-state index contributed by atoms with van der Waals surface area (Å²) in [6.07, 6.45) is 1.23. The predicted molar refractivity (Wildman–Crippen MR) is 93.4 cm³/mol. The third kappa shape index (κ3) is 7.51. The number of aliphatic carboxylic acids is 1. The second-order valence-corrected chi connectivity index (χ2v) is 5.96. The Labute approximate surface area is 155 Å². The summed E-state index contributed by atoms with van der Waals surface area (Å²) in [6.45, 7) is 6.78. The van der Waals surface area contributed by atoms with E-state index in [1.807, 2.05) is 42.8 Å². The van der Waals surface area contributed by atoms with Gasteiger partial charge in [-0.05, 0) is 31.9 Å². The molecule has 1 amide bonds. The minimum atomic E-state index is -5.08. The molecular weight excluding hydrogens is 363 g/mol. The summed E-state index contributed by atoms with van der Waals surface area (Å²) in [6, 6.07) is 6.06. The van der Waals surface area contributed by atoms with Crippen molar-refractivity contribution in [1.82, 2.24) is 14.9 Å². The molecule has 148 valence electrons. The van der Waals surface area contributed by atoms with Crippen LogP contribution in [0.5, 0.6) is 0 Å². The average Bonchev–Trinajstić information content (AvgIpc) is 3.09. The molecular formula is C18H22F3N3O3. The van der Waals surface area contributed by atoms with E-state index in [-0.39, 0.29) is 11.9 Å². The van der Waals surface area contributed by atoms with Gasteiger partial charge in [-0.25, -0.2) is 9.78 Å². The molecule has 2 N–H and O–H groups in total. The molecule has 0 spiro atoms. The zero-order valence-electron chi connectivity index (χ0n) is 15.2. The number of aryl methyl sites for hydroxylation is 2. The maximum absolute atomic E-state index is 12.4. The van der Waals surface area contributed by atoms with Crippen molar-refractivity contribution < 1.29 is 27.9 Å². The Morgan fingerprint density at radius 3 is 2.41 bits per heavy atom. The fourth-order valence-corrected chi connectivity index (χ4v) is 2.17. The molecule has 0 aliphatic carbocycles. The summed E-state index contributed by atoms with van der Waals surface area (Å²) in [5.74, 6) is -2.76. The van der Waals surface area contributed by atoms with Gasteiger partial charge in [-0.2, -0.15) is 13.2 Å². The molecule has 1 atom stereocenters. The quantitative estimate of drug-likeness (QED) is 0.827. The molecule has 0 saturated heterocycles. The molecule has 27 heavy (non-hydrogen) atoms. The first-order valence-electron chi connectivity index (χ1n) is 8.18. The van der Waals surface area contributed by atoms with Crippen LogP contribution in [0.2, 0.25) is 0 Å². The number of hydrogen-bond acceptors (Lipinski definition) is 3. The highest BCUT2D eigenvalue weighted by Gasteiger charge is 2.38. The SMILES string of the molecule is CCC(Cn1ccnc1)NC(=O)c1cc(C)ccc1C.O=C(O)C(F)(F)F. The number of carbonyl (C=O) groups excluding carboxylic acids is 1. The molecule has 1 aromatic carbocycles. The van der Waals surface area contributed by atoms with Gasteiger partial charge in [-0.15, -0.1) is 0 Å². The molecule has 0 aliphatic rings. The standard InChI is InChI=1S/C16H21N3O.C2HF3O2/c1-4-14(10-19-8-7-17-11-19)18-16(20)15-9-12(2)5-6-13(15)3;3-2(4,5)1(6)7/h5-9,11,14H,4,10H2,1-3H3,(H,18,20);(H,6,7). The minimum Gasteiger partial charge on any atom is -0.475 e. The van der Waals surface area contributed by atoms with Crippen molar-refractivity contribution in [3.63, 3.8) is 0 Å². The van der Waals surface area contributed by atoms with E-state index in [0.29, 0.717) is 0 Å². The van der Waals surface area contributed by atoms with Gasteiger partial charge < -0.3 is 15.0 Å². The van der Waals surface area contributed by atoms with Gasteiger partial charge in [0, 0.05) is 30.5 Å². The number of alkyl halides is 3. The molecule has 2 aromatic rings. The minimum absolute atomic E-state index is 0.00170. The van der Waals surface area contributed by atoms with Gasteiger partial charge in [0.2, 0.25) is 0 Å². The molecule has 0 saturated carbocycles. The second kappa shape index (κ2) is 9.75. The molecule has 0 aliphatic heterocycles. The zero-order chi connectivity index (χ0) is 20.6. The lowest BCUT2D eigenvalue weighted by Gasteiger charge is -2.18. The number of rotatable bonds is 5. The smallest absolute Gasteiger partial charge is 0.475 e. The lowest BCUT2D eigenvalue weighted by molar-refractivity contribution is -0.192. The third-order valence-electron chi connectivity index (χ3n) is 3.70. The van der Waals surface area contributed by atoms with Crippen molar-refractivity contribution in [3.8, 4) is 0 Å². The number of amides is 1. The molecule has 1 aromatic heterocycles. The topological polar surface area (TPSA) is 84.2 Å². The number of carbonyl (C=O) groups is 2. The van der Waals surface area contributed by atoms with Gasteiger partial charge >= 0.3 is 12.1 Å². The monoisotopic (exact) mass is 385 g/mol. The Hall–Kier alpha value is -2.84. The van der Waals surface area contributed by atoms with Gasteiger partial charge in [0.15, 0.2) is 0 Å². The Balaban J connectivity index is 0.000000445. The van der Waals surface area contributed by atoms with Gasteiger partial charge in [-0.1, -0.05) is 24.6 Å². The van der Waals surface area contributed by atoms with Crippen LogP contribution in [0.25, 0.3) is 0 Å². The molecule has 1 unspecified atom stereocenters. The van der Waals surface area contributed by atoms with E-state index in [2.05, 4.69) is 17.2 Å².